The molecule has 0 spiro atoms. The second-order valence-electron chi connectivity index (χ2n) is 4.56. The van der Waals surface area contributed by atoms with Crippen molar-refractivity contribution in [2.75, 3.05) is 19.6 Å². The Morgan fingerprint density at radius 3 is 2.89 bits per heavy atom. The maximum atomic E-state index is 12.3. The predicted octanol–water partition coefficient (Wildman–Crippen LogP) is 1.79. The topological polar surface area (TPSA) is 75.5 Å². The molecule has 7 heteroatoms. The van der Waals surface area contributed by atoms with E-state index in [4.69, 9.17) is 0 Å². The molecule has 0 aliphatic carbocycles. The molecule has 1 N–H and O–H groups in total. The maximum Gasteiger partial charge on any atom is 0.271 e. The second kappa shape index (κ2) is 5.66. The third-order valence-corrected chi connectivity index (χ3v) is 3.45. The number of non-ortho nitro benzene ring substituents is 1. The van der Waals surface area contributed by atoms with E-state index in [0.717, 1.165) is 6.54 Å². The van der Waals surface area contributed by atoms with Crippen molar-refractivity contribution in [2.45, 2.75) is 13.0 Å². The van der Waals surface area contributed by atoms with Crippen molar-refractivity contribution < 1.29 is 9.72 Å². The summed E-state index contributed by atoms with van der Waals surface area (Å²) in [5.74, 6) is -0.169. The summed E-state index contributed by atoms with van der Waals surface area (Å²) in [5.41, 5.74) is 0.260. The van der Waals surface area contributed by atoms with Gasteiger partial charge >= 0.3 is 0 Å². The van der Waals surface area contributed by atoms with Crippen molar-refractivity contribution in [3.8, 4) is 0 Å². The highest BCUT2D eigenvalue weighted by Crippen LogP contribution is 2.22. The summed E-state index contributed by atoms with van der Waals surface area (Å²) >= 11 is 3.20. The van der Waals surface area contributed by atoms with E-state index in [1.165, 1.54) is 12.1 Å². The van der Waals surface area contributed by atoms with E-state index in [0.29, 0.717) is 23.1 Å². The summed E-state index contributed by atoms with van der Waals surface area (Å²) in [6, 6.07) is 4.55. The number of nitro groups is 1. The van der Waals surface area contributed by atoms with E-state index in [1.54, 1.807) is 11.0 Å². The van der Waals surface area contributed by atoms with Crippen LogP contribution in [0.3, 0.4) is 0 Å². The summed E-state index contributed by atoms with van der Waals surface area (Å²) in [7, 11) is 0. The Kier molecular flexibility index (Phi) is 4.16. The molecule has 1 heterocycles. The minimum absolute atomic E-state index is 0.0825. The van der Waals surface area contributed by atoms with E-state index in [1.807, 2.05) is 6.92 Å². The highest BCUT2D eigenvalue weighted by molar-refractivity contribution is 9.10. The molecule has 1 aromatic rings. The SMILES string of the molecule is C[C@@H]1CN(C(=O)c2cc(Br)cc([N+](=O)[O-])c2)CCN1. The molecule has 19 heavy (non-hydrogen) atoms. The van der Waals surface area contributed by atoms with Crippen molar-refractivity contribution in [3.63, 3.8) is 0 Å². The summed E-state index contributed by atoms with van der Waals surface area (Å²) in [6.45, 7) is 3.97. The van der Waals surface area contributed by atoms with Gasteiger partial charge in [0.1, 0.15) is 0 Å². The fraction of sp³-hybridized carbons (Fsp3) is 0.417. The molecule has 1 fully saturated rings. The molecule has 0 aromatic heterocycles. The normalized spacial score (nSPS) is 19.3. The van der Waals surface area contributed by atoms with Gasteiger partial charge in [-0.05, 0) is 13.0 Å². The van der Waals surface area contributed by atoms with Crippen LogP contribution in [0.4, 0.5) is 5.69 Å². The molecule has 1 saturated heterocycles. The fourth-order valence-corrected chi connectivity index (χ4v) is 2.58. The highest BCUT2D eigenvalue weighted by atomic mass is 79.9. The van der Waals surface area contributed by atoms with Gasteiger partial charge in [-0.15, -0.1) is 0 Å². The molecular weight excluding hydrogens is 314 g/mol. The second-order valence-corrected chi connectivity index (χ2v) is 5.48. The molecule has 0 unspecified atom stereocenters. The quantitative estimate of drug-likeness (QED) is 0.663. The van der Waals surface area contributed by atoms with E-state index < -0.39 is 4.92 Å². The lowest BCUT2D eigenvalue weighted by molar-refractivity contribution is -0.385. The monoisotopic (exact) mass is 327 g/mol. The summed E-state index contributed by atoms with van der Waals surface area (Å²) < 4.78 is 0.535. The number of rotatable bonds is 2. The number of nitrogens with zero attached hydrogens (tertiary/aromatic N) is 2. The number of piperazine rings is 1. The molecule has 1 aliphatic heterocycles. The van der Waals surface area contributed by atoms with Crippen LogP contribution in [0, 0.1) is 10.1 Å². The van der Waals surface area contributed by atoms with Crippen LogP contribution in [0.15, 0.2) is 22.7 Å². The first-order chi connectivity index (χ1) is 8.97. The van der Waals surface area contributed by atoms with Gasteiger partial charge in [-0.2, -0.15) is 0 Å². The van der Waals surface area contributed by atoms with Gasteiger partial charge < -0.3 is 10.2 Å². The van der Waals surface area contributed by atoms with Gasteiger partial charge in [-0.3, -0.25) is 14.9 Å². The van der Waals surface area contributed by atoms with Crippen LogP contribution >= 0.6 is 15.9 Å². The van der Waals surface area contributed by atoms with Gasteiger partial charge in [0, 0.05) is 47.8 Å². The molecule has 1 aliphatic rings. The lowest BCUT2D eigenvalue weighted by atomic mass is 10.1. The van der Waals surface area contributed by atoms with Gasteiger partial charge in [-0.25, -0.2) is 0 Å². The Hall–Kier alpha value is -1.47. The molecule has 0 bridgehead atoms. The average molecular weight is 328 g/mol. The molecule has 102 valence electrons. The number of carbonyl (C=O) groups is 1. The molecule has 1 aromatic carbocycles. The zero-order valence-corrected chi connectivity index (χ0v) is 12.0. The van der Waals surface area contributed by atoms with Crippen LogP contribution in [0.2, 0.25) is 0 Å². The van der Waals surface area contributed by atoms with E-state index >= 15 is 0 Å². The van der Waals surface area contributed by atoms with Crippen LogP contribution in [0.25, 0.3) is 0 Å². The number of hydrogen-bond donors (Lipinski definition) is 1. The predicted molar refractivity (Wildman–Crippen MR) is 74.2 cm³/mol. The minimum Gasteiger partial charge on any atom is -0.336 e. The van der Waals surface area contributed by atoms with Gasteiger partial charge in [0.05, 0.1) is 4.92 Å². The smallest absolute Gasteiger partial charge is 0.271 e. The maximum absolute atomic E-state index is 12.3. The molecular formula is C12H14BrN3O3. The largest absolute Gasteiger partial charge is 0.336 e. The Bertz CT molecular complexity index is 521. The first kappa shape index (κ1) is 14.0. The van der Waals surface area contributed by atoms with Crippen molar-refractivity contribution >= 4 is 27.5 Å². The third kappa shape index (κ3) is 3.30. The Labute approximate surface area is 119 Å². The highest BCUT2D eigenvalue weighted by Gasteiger charge is 2.23. The summed E-state index contributed by atoms with van der Waals surface area (Å²) in [6.07, 6.45) is 0. The lowest BCUT2D eigenvalue weighted by Gasteiger charge is -2.31. The van der Waals surface area contributed by atoms with Crippen LogP contribution < -0.4 is 5.32 Å². The standard InChI is InChI=1S/C12H14BrN3O3/c1-8-7-15(3-2-14-8)12(17)9-4-10(13)6-11(5-9)16(18)19/h4-6,8,14H,2-3,7H2,1H3/t8-/m1/s1. The van der Waals surface area contributed by atoms with Gasteiger partial charge in [0.2, 0.25) is 0 Å². The number of benzene rings is 1. The summed E-state index contributed by atoms with van der Waals surface area (Å²) in [5, 5.41) is 14.1. The Balaban J connectivity index is 2.25. The number of amides is 1. The third-order valence-electron chi connectivity index (χ3n) is 3.00. The number of hydrogen-bond acceptors (Lipinski definition) is 4. The number of halogens is 1. The van der Waals surface area contributed by atoms with Crippen LogP contribution in [-0.4, -0.2) is 41.4 Å². The van der Waals surface area contributed by atoms with E-state index in [2.05, 4.69) is 21.2 Å². The van der Waals surface area contributed by atoms with Gasteiger partial charge in [0.15, 0.2) is 0 Å². The first-order valence-corrected chi connectivity index (χ1v) is 6.74. The molecule has 0 saturated carbocycles. The van der Waals surface area contributed by atoms with Crippen molar-refractivity contribution in [3.05, 3.63) is 38.3 Å². The Morgan fingerprint density at radius 2 is 2.26 bits per heavy atom. The van der Waals surface area contributed by atoms with E-state index in [-0.39, 0.29) is 17.6 Å². The average Bonchev–Trinajstić information content (AvgIpc) is 2.37. The van der Waals surface area contributed by atoms with Crippen molar-refractivity contribution in [1.29, 1.82) is 0 Å². The molecule has 0 radical (unpaired) electrons. The molecule has 2 rings (SSSR count). The number of nitrogens with one attached hydrogen (secondary N) is 1. The zero-order chi connectivity index (χ0) is 14.0. The van der Waals surface area contributed by atoms with Crippen LogP contribution in [0.5, 0.6) is 0 Å². The summed E-state index contributed by atoms with van der Waals surface area (Å²) in [4.78, 5) is 24.4. The first-order valence-electron chi connectivity index (χ1n) is 5.95. The zero-order valence-electron chi connectivity index (χ0n) is 10.4. The number of carbonyl (C=O) groups excluding carboxylic acids is 1. The molecule has 1 atom stereocenters. The van der Waals surface area contributed by atoms with Crippen molar-refractivity contribution in [2.24, 2.45) is 0 Å². The van der Waals surface area contributed by atoms with E-state index in [9.17, 15) is 14.9 Å². The van der Waals surface area contributed by atoms with Gasteiger partial charge in [0.25, 0.3) is 11.6 Å². The molecule has 1 amide bonds. The fourth-order valence-electron chi connectivity index (χ4n) is 2.10. The molecule has 6 nitrogen and oxygen atoms in total. The Morgan fingerprint density at radius 1 is 1.53 bits per heavy atom. The minimum atomic E-state index is -0.498. The van der Waals surface area contributed by atoms with Gasteiger partial charge in [-0.1, -0.05) is 15.9 Å². The van der Waals surface area contributed by atoms with Crippen LogP contribution in [0.1, 0.15) is 17.3 Å². The lowest BCUT2D eigenvalue weighted by Crippen LogP contribution is -2.51. The van der Waals surface area contributed by atoms with Crippen LogP contribution in [-0.2, 0) is 0 Å². The number of nitro benzene ring substituents is 1. The van der Waals surface area contributed by atoms with Crippen molar-refractivity contribution in [1.82, 2.24) is 10.2 Å².